The number of rotatable bonds is 4. The molecule has 0 aromatic rings. The van der Waals surface area contributed by atoms with Crippen molar-refractivity contribution in [2.24, 2.45) is 0 Å². The number of ether oxygens (including phenoxy) is 1. The average Bonchev–Trinajstić information content (AvgIpc) is 2.26. The van der Waals surface area contributed by atoms with Crippen LogP contribution in [0.3, 0.4) is 0 Å². The number of carbonyl (C=O) groups excluding carboxylic acids is 1. The van der Waals surface area contributed by atoms with E-state index in [2.05, 4.69) is 16.8 Å². The summed E-state index contributed by atoms with van der Waals surface area (Å²) in [6.07, 6.45) is 0. The highest BCUT2D eigenvalue weighted by Gasteiger charge is 2.29. The second-order valence-electron chi connectivity index (χ2n) is 3.71. The molecule has 0 radical (unpaired) electrons. The molecule has 1 unspecified atom stereocenters. The second kappa shape index (κ2) is 6.62. The van der Waals surface area contributed by atoms with Crippen LogP contribution in [0.1, 0.15) is 0 Å². The molecule has 1 aliphatic heterocycles. The number of piperazine rings is 1. The number of nitrogens with zero attached hydrogens (tertiary/aromatic N) is 2. The third-order valence-electron chi connectivity index (χ3n) is 2.65. The van der Waals surface area contributed by atoms with E-state index in [1.54, 1.807) is 30.1 Å². The van der Waals surface area contributed by atoms with Gasteiger partial charge in [-0.1, -0.05) is 0 Å². The average molecular weight is 328 g/mol. The molecule has 0 spiro atoms. The van der Waals surface area contributed by atoms with Gasteiger partial charge in [0.15, 0.2) is 23.0 Å². The van der Waals surface area contributed by atoms with Gasteiger partial charge >= 0.3 is 5.97 Å². The van der Waals surface area contributed by atoms with E-state index in [1.165, 1.54) is 0 Å². The summed E-state index contributed by atoms with van der Waals surface area (Å²) in [7, 11) is 3.68. The Kier molecular flexibility index (Phi) is 5.80. The first-order valence-electron chi connectivity index (χ1n) is 4.93. The lowest BCUT2D eigenvalue weighted by molar-refractivity contribution is -0.140. The van der Waals surface area contributed by atoms with Gasteiger partial charge in [0.05, 0.1) is 6.61 Å². The molecule has 1 atom stereocenters. The Hall–Kier alpha value is 0.0800. The van der Waals surface area contributed by atoms with Gasteiger partial charge in [0.25, 0.3) is 0 Å². The van der Waals surface area contributed by atoms with Gasteiger partial charge in [-0.05, 0) is 7.05 Å². The van der Waals surface area contributed by atoms with E-state index in [9.17, 15) is 4.79 Å². The van der Waals surface area contributed by atoms with Crippen molar-refractivity contribution in [1.29, 1.82) is 0 Å². The minimum absolute atomic E-state index is 0.220. The molecule has 0 amide bonds. The Balaban J connectivity index is 2.51. The van der Waals surface area contributed by atoms with Gasteiger partial charge in [0, 0.05) is 33.3 Å². The van der Waals surface area contributed by atoms with Gasteiger partial charge in [-0.3, -0.25) is 4.90 Å². The fraction of sp³-hybridized carbons (Fsp3) is 0.889. The third-order valence-corrected chi connectivity index (χ3v) is 3.09. The van der Waals surface area contributed by atoms with Gasteiger partial charge in [0.1, 0.15) is 6.04 Å². The Morgan fingerprint density at radius 2 is 2.00 bits per heavy atom. The molecule has 88 valence electrons. The van der Waals surface area contributed by atoms with Crippen LogP contribution in [0.15, 0.2) is 0 Å². The molecule has 0 bridgehead atoms. The zero-order chi connectivity index (χ0) is 11.3. The summed E-state index contributed by atoms with van der Waals surface area (Å²) in [5, 5.41) is 0. The molecule has 0 aromatic heterocycles. The normalized spacial score (nSPS) is 21.3. The number of carbonyl (C=O) groups is 1. The molecule has 0 saturated carbocycles. The Morgan fingerprint density at radius 3 is 2.47 bits per heavy atom. The third kappa shape index (κ3) is 3.86. The van der Waals surface area contributed by atoms with Crippen molar-refractivity contribution in [2.45, 2.75) is 6.04 Å². The van der Waals surface area contributed by atoms with Crippen LogP contribution in [0, 0.1) is 0 Å². The van der Waals surface area contributed by atoms with E-state index in [0.717, 1.165) is 26.2 Å². The van der Waals surface area contributed by atoms with Crippen molar-refractivity contribution >= 4 is 29.0 Å². The smallest absolute Gasteiger partial charge is 0.335 e. The molecule has 1 fully saturated rings. The minimum atomic E-state index is -0.263. The van der Waals surface area contributed by atoms with Crippen LogP contribution in [-0.4, -0.2) is 68.8 Å². The SMILES string of the molecule is COCC(C(=O)OI)N1CCN(C)CC1. The maximum atomic E-state index is 11.5. The van der Waals surface area contributed by atoms with E-state index < -0.39 is 0 Å². The van der Waals surface area contributed by atoms with Gasteiger partial charge in [-0.2, -0.15) is 0 Å². The molecule has 1 heterocycles. The lowest BCUT2D eigenvalue weighted by Crippen LogP contribution is -2.53. The van der Waals surface area contributed by atoms with Crippen molar-refractivity contribution < 1.29 is 12.6 Å². The standard InChI is InChI=1S/C9H17IN2O3/c1-11-3-5-12(6-4-11)8(7-14-2)9(13)15-10/h8H,3-7H2,1-2H3. The first-order valence-corrected chi connectivity index (χ1v) is 5.81. The number of hydrogen-bond donors (Lipinski definition) is 0. The van der Waals surface area contributed by atoms with Gasteiger partial charge < -0.3 is 12.7 Å². The van der Waals surface area contributed by atoms with Gasteiger partial charge in [-0.15, -0.1) is 0 Å². The zero-order valence-corrected chi connectivity index (χ0v) is 11.3. The van der Waals surface area contributed by atoms with Gasteiger partial charge in [0.2, 0.25) is 0 Å². The van der Waals surface area contributed by atoms with Crippen LogP contribution in [0.2, 0.25) is 0 Å². The van der Waals surface area contributed by atoms with Crippen molar-refractivity contribution in [3.05, 3.63) is 0 Å². The highest BCUT2D eigenvalue weighted by Crippen LogP contribution is 2.09. The quantitative estimate of drug-likeness (QED) is 0.687. The van der Waals surface area contributed by atoms with Crippen LogP contribution in [0.25, 0.3) is 0 Å². The van der Waals surface area contributed by atoms with Crippen LogP contribution in [0.5, 0.6) is 0 Å². The zero-order valence-electron chi connectivity index (χ0n) is 9.11. The summed E-state index contributed by atoms with van der Waals surface area (Å²) in [6, 6.07) is -0.263. The predicted molar refractivity (Wildman–Crippen MR) is 64.8 cm³/mol. The summed E-state index contributed by atoms with van der Waals surface area (Å²) in [4.78, 5) is 15.9. The highest BCUT2D eigenvalue weighted by atomic mass is 127. The van der Waals surface area contributed by atoms with E-state index in [0.29, 0.717) is 6.61 Å². The molecule has 1 rings (SSSR count). The highest BCUT2D eigenvalue weighted by molar-refractivity contribution is 14.1. The Morgan fingerprint density at radius 1 is 1.40 bits per heavy atom. The molecule has 15 heavy (non-hydrogen) atoms. The van der Waals surface area contributed by atoms with Crippen LogP contribution in [-0.2, 0) is 12.6 Å². The van der Waals surface area contributed by atoms with E-state index in [-0.39, 0.29) is 12.0 Å². The number of likely N-dealkylation sites (N-methyl/N-ethyl adjacent to an activating group) is 1. The van der Waals surface area contributed by atoms with Crippen LogP contribution in [0.4, 0.5) is 0 Å². The molecule has 5 nitrogen and oxygen atoms in total. The molecule has 1 saturated heterocycles. The molecule has 0 aromatic carbocycles. The largest absolute Gasteiger partial charge is 0.393 e. The lowest BCUT2D eigenvalue weighted by atomic mass is 10.2. The second-order valence-corrected chi connectivity index (χ2v) is 4.15. The molecule has 0 N–H and O–H groups in total. The summed E-state index contributed by atoms with van der Waals surface area (Å²) in [6.45, 7) is 4.13. The lowest BCUT2D eigenvalue weighted by Gasteiger charge is -2.35. The van der Waals surface area contributed by atoms with Gasteiger partial charge in [-0.25, -0.2) is 4.79 Å². The van der Waals surface area contributed by atoms with Crippen LogP contribution >= 0.6 is 23.0 Å². The molecular weight excluding hydrogens is 311 g/mol. The fourth-order valence-corrected chi connectivity index (χ4v) is 1.96. The Bertz CT molecular complexity index is 208. The minimum Gasteiger partial charge on any atom is -0.393 e. The number of halogens is 1. The summed E-state index contributed by atoms with van der Waals surface area (Å²) in [5.74, 6) is -0.220. The topological polar surface area (TPSA) is 42.0 Å². The predicted octanol–water partition coefficient (Wildman–Crippen LogP) is 0.142. The first-order chi connectivity index (χ1) is 7.19. The van der Waals surface area contributed by atoms with E-state index >= 15 is 0 Å². The Labute approximate surface area is 104 Å². The fourth-order valence-electron chi connectivity index (χ4n) is 1.67. The van der Waals surface area contributed by atoms with Crippen molar-refractivity contribution in [2.75, 3.05) is 46.9 Å². The maximum absolute atomic E-state index is 11.5. The van der Waals surface area contributed by atoms with E-state index in [1.807, 2.05) is 0 Å². The number of hydrogen-bond acceptors (Lipinski definition) is 5. The monoisotopic (exact) mass is 328 g/mol. The summed E-state index contributed by atoms with van der Waals surface area (Å²) >= 11 is 1.63. The maximum Gasteiger partial charge on any atom is 0.335 e. The molecular formula is C9H17IN2O3. The van der Waals surface area contributed by atoms with Crippen molar-refractivity contribution in [1.82, 2.24) is 9.80 Å². The first kappa shape index (κ1) is 13.1. The molecule has 6 heteroatoms. The summed E-state index contributed by atoms with van der Waals surface area (Å²) in [5.41, 5.74) is 0. The molecule has 1 aliphatic rings. The van der Waals surface area contributed by atoms with Crippen LogP contribution < -0.4 is 0 Å². The van der Waals surface area contributed by atoms with Crippen molar-refractivity contribution in [3.63, 3.8) is 0 Å². The molecule has 0 aliphatic carbocycles. The van der Waals surface area contributed by atoms with Crippen molar-refractivity contribution in [3.8, 4) is 0 Å². The van der Waals surface area contributed by atoms with E-state index in [4.69, 9.17) is 7.80 Å². The summed E-state index contributed by atoms with van der Waals surface area (Å²) < 4.78 is 9.79. The number of methoxy groups -OCH3 is 1.